The van der Waals surface area contributed by atoms with Gasteiger partial charge in [0.2, 0.25) is 0 Å². The molecule has 1 aliphatic rings. The molecule has 0 aromatic heterocycles. The summed E-state index contributed by atoms with van der Waals surface area (Å²) >= 11 is 2.10. The lowest BCUT2D eigenvalue weighted by Gasteiger charge is -2.39. The fraction of sp³-hybridized carbons (Fsp3) is 1.00. The molecule has 0 spiro atoms. The van der Waals surface area contributed by atoms with Crippen LogP contribution in [-0.2, 0) is 0 Å². The summed E-state index contributed by atoms with van der Waals surface area (Å²) < 4.78 is 0. The van der Waals surface area contributed by atoms with Crippen molar-refractivity contribution in [3.05, 3.63) is 0 Å². The van der Waals surface area contributed by atoms with Crippen LogP contribution >= 0.6 is 11.8 Å². The van der Waals surface area contributed by atoms with Crippen LogP contribution in [0.15, 0.2) is 0 Å². The number of hydrogen-bond donors (Lipinski definition) is 1. The smallest absolute Gasteiger partial charge is 0.0158 e. The van der Waals surface area contributed by atoms with Gasteiger partial charge in [-0.25, -0.2) is 0 Å². The molecule has 0 aliphatic carbocycles. The average molecular weight is 244 g/mol. The molecule has 2 nitrogen and oxygen atoms in total. The Morgan fingerprint density at radius 1 is 1.44 bits per heavy atom. The van der Waals surface area contributed by atoms with E-state index in [1.165, 1.54) is 31.0 Å². The molecule has 0 radical (unpaired) electrons. The fourth-order valence-corrected chi connectivity index (χ4v) is 3.29. The van der Waals surface area contributed by atoms with Gasteiger partial charge in [0.15, 0.2) is 0 Å². The predicted octanol–water partition coefficient (Wildman–Crippen LogP) is 2.45. The van der Waals surface area contributed by atoms with E-state index in [-0.39, 0.29) is 0 Å². The van der Waals surface area contributed by atoms with Crippen LogP contribution in [0.1, 0.15) is 34.1 Å². The minimum absolute atomic E-state index is 0.394. The lowest BCUT2D eigenvalue weighted by molar-refractivity contribution is 0.149. The molecule has 0 saturated carbocycles. The summed E-state index contributed by atoms with van der Waals surface area (Å²) in [6.07, 6.45) is 1.23. The van der Waals surface area contributed by atoms with Crippen LogP contribution in [0.25, 0.3) is 0 Å². The molecule has 1 atom stereocenters. The minimum atomic E-state index is 0.394. The Labute approximate surface area is 106 Å². The fourth-order valence-electron chi connectivity index (χ4n) is 2.21. The summed E-state index contributed by atoms with van der Waals surface area (Å²) in [5.74, 6) is 2.61. The van der Waals surface area contributed by atoms with Crippen molar-refractivity contribution in [2.24, 2.45) is 5.41 Å². The van der Waals surface area contributed by atoms with Crippen molar-refractivity contribution in [3.8, 4) is 0 Å². The van der Waals surface area contributed by atoms with E-state index in [2.05, 4.69) is 49.7 Å². The molecular formula is C13H28N2S. The molecular weight excluding hydrogens is 216 g/mol. The molecule has 1 N–H and O–H groups in total. The van der Waals surface area contributed by atoms with E-state index < -0.39 is 0 Å². The minimum Gasteiger partial charge on any atom is -0.316 e. The molecule has 1 heterocycles. The molecule has 96 valence electrons. The molecule has 1 unspecified atom stereocenters. The zero-order chi connectivity index (χ0) is 12.0. The van der Waals surface area contributed by atoms with Crippen molar-refractivity contribution in [1.29, 1.82) is 0 Å². The standard InChI is InChI=1S/C13H28N2S/c1-5-6-14-10-13(3,4)11-15-7-8-16-9-12(15)2/h12,14H,5-11H2,1-4H3. The summed E-state index contributed by atoms with van der Waals surface area (Å²) in [7, 11) is 0. The van der Waals surface area contributed by atoms with Crippen LogP contribution in [0.4, 0.5) is 0 Å². The van der Waals surface area contributed by atoms with Crippen molar-refractivity contribution < 1.29 is 0 Å². The largest absolute Gasteiger partial charge is 0.316 e. The van der Waals surface area contributed by atoms with Crippen LogP contribution in [0.5, 0.6) is 0 Å². The highest BCUT2D eigenvalue weighted by molar-refractivity contribution is 7.99. The van der Waals surface area contributed by atoms with Crippen molar-refractivity contribution in [2.45, 2.75) is 40.2 Å². The molecule has 1 fully saturated rings. The van der Waals surface area contributed by atoms with Gasteiger partial charge in [0.05, 0.1) is 0 Å². The van der Waals surface area contributed by atoms with Crippen LogP contribution < -0.4 is 5.32 Å². The number of nitrogens with zero attached hydrogens (tertiary/aromatic N) is 1. The van der Waals surface area contributed by atoms with E-state index in [9.17, 15) is 0 Å². The first kappa shape index (κ1) is 14.3. The van der Waals surface area contributed by atoms with Crippen LogP contribution in [0.2, 0.25) is 0 Å². The van der Waals surface area contributed by atoms with E-state index in [4.69, 9.17) is 0 Å². The summed E-state index contributed by atoms with van der Waals surface area (Å²) in [5, 5.41) is 3.55. The van der Waals surface area contributed by atoms with Gasteiger partial charge in [-0.15, -0.1) is 0 Å². The number of nitrogens with one attached hydrogen (secondary N) is 1. The maximum absolute atomic E-state index is 3.55. The van der Waals surface area contributed by atoms with Gasteiger partial charge in [-0.05, 0) is 25.3 Å². The van der Waals surface area contributed by atoms with E-state index in [1.54, 1.807) is 0 Å². The van der Waals surface area contributed by atoms with Crippen LogP contribution in [0.3, 0.4) is 0 Å². The molecule has 0 aromatic rings. The van der Waals surface area contributed by atoms with Crippen molar-refractivity contribution in [3.63, 3.8) is 0 Å². The Kier molecular flexibility index (Phi) is 6.16. The van der Waals surface area contributed by atoms with Crippen LogP contribution in [0, 0.1) is 5.41 Å². The second-order valence-corrected chi connectivity index (χ2v) is 6.89. The van der Waals surface area contributed by atoms with Gasteiger partial charge in [0.25, 0.3) is 0 Å². The molecule has 1 saturated heterocycles. The van der Waals surface area contributed by atoms with Gasteiger partial charge in [-0.3, -0.25) is 4.90 Å². The van der Waals surface area contributed by atoms with E-state index in [0.29, 0.717) is 5.41 Å². The Morgan fingerprint density at radius 3 is 2.81 bits per heavy atom. The monoisotopic (exact) mass is 244 g/mol. The first-order valence-corrected chi connectivity index (χ1v) is 7.73. The maximum Gasteiger partial charge on any atom is 0.0158 e. The van der Waals surface area contributed by atoms with Crippen molar-refractivity contribution in [1.82, 2.24) is 10.2 Å². The van der Waals surface area contributed by atoms with Crippen LogP contribution in [-0.4, -0.2) is 48.6 Å². The Hall–Kier alpha value is 0.270. The van der Waals surface area contributed by atoms with Gasteiger partial charge in [-0.1, -0.05) is 20.8 Å². The predicted molar refractivity (Wildman–Crippen MR) is 75.3 cm³/mol. The third-order valence-electron chi connectivity index (χ3n) is 3.17. The Bertz CT molecular complexity index is 194. The Morgan fingerprint density at radius 2 is 2.19 bits per heavy atom. The lowest BCUT2D eigenvalue weighted by Crippen LogP contribution is -2.47. The highest BCUT2D eigenvalue weighted by atomic mass is 32.2. The van der Waals surface area contributed by atoms with Crippen molar-refractivity contribution in [2.75, 3.05) is 37.7 Å². The summed E-state index contributed by atoms with van der Waals surface area (Å²) in [4.78, 5) is 2.66. The van der Waals surface area contributed by atoms with Gasteiger partial charge >= 0.3 is 0 Å². The molecule has 0 amide bonds. The van der Waals surface area contributed by atoms with Gasteiger partial charge in [0.1, 0.15) is 0 Å². The van der Waals surface area contributed by atoms with E-state index >= 15 is 0 Å². The molecule has 1 rings (SSSR count). The zero-order valence-electron chi connectivity index (χ0n) is 11.4. The number of rotatable bonds is 6. The van der Waals surface area contributed by atoms with Crippen molar-refractivity contribution >= 4 is 11.8 Å². The average Bonchev–Trinajstić information content (AvgIpc) is 2.21. The zero-order valence-corrected chi connectivity index (χ0v) is 12.2. The lowest BCUT2D eigenvalue weighted by atomic mass is 9.92. The van der Waals surface area contributed by atoms with Gasteiger partial charge in [-0.2, -0.15) is 11.8 Å². The molecule has 3 heteroatoms. The summed E-state index contributed by atoms with van der Waals surface area (Å²) in [6.45, 7) is 14.1. The summed E-state index contributed by atoms with van der Waals surface area (Å²) in [5.41, 5.74) is 0.394. The quantitative estimate of drug-likeness (QED) is 0.723. The second-order valence-electron chi connectivity index (χ2n) is 5.74. The Balaban J connectivity index is 2.31. The molecule has 1 aliphatic heterocycles. The highest BCUT2D eigenvalue weighted by Crippen LogP contribution is 2.22. The second kappa shape index (κ2) is 6.87. The normalized spacial score (nSPS) is 23.6. The highest BCUT2D eigenvalue weighted by Gasteiger charge is 2.26. The SMILES string of the molecule is CCCNCC(C)(C)CN1CCSCC1C. The summed E-state index contributed by atoms with van der Waals surface area (Å²) in [6, 6.07) is 0.754. The van der Waals surface area contributed by atoms with E-state index in [0.717, 1.165) is 19.1 Å². The first-order valence-electron chi connectivity index (χ1n) is 6.57. The molecule has 0 bridgehead atoms. The molecule has 0 aromatic carbocycles. The third kappa shape index (κ3) is 5.07. The number of thioether (sulfide) groups is 1. The third-order valence-corrected chi connectivity index (χ3v) is 4.36. The van der Waals surface area contributed by atoms with Gasteiger partial charge < -0.3 is 5.32 Å². The first-order chi connectivity index (χ1) is 7.55. The van der Waals surface area contributed by atoms with Gasteiger partial charge in [0, 0.05) is 37.2 Å². The van der Waals surface area contributed by atoms with E-state index in [1.807, 2.05) is 0 Å². The number of hydrogen-bond acceptors (Lipinski definition) is 3. The molecule has 16 heavy (non-hydrogen) atoms. The maximum atomic E-state index is 3.55. The topological polar surface area (TPSA) is 15.3 Å².